The topological polar surface area (TPSA) is 75.6 Å². The molecule has 0 aromatic heterocycles. The van der Waals surface area contributed by atoms with Gasteiger partial charge in [-0.25, -0.2) is 0 Å². The van der Waals surface area contributed by atoms with Crippen molar-refractivity contribution >= 4 is 29.6 Å². The fourth-order valence-corrected chi connectivity index (χ4v) is 2.19. The number of carboxylic acids is 1. The fraction of sp³-hybridized carbons (Fsp3) is 0.333. The van der Waals surface area contributed by atoms with Crippen molar-refractivity contribution in [2.24, 2.45) is 0 Å². The molecule has 1 aromatic rings. The summed E-state index contributed by atoms with van der Waals surface area (Å²) in [6, 6.07) is 5.01. The van der Waals surface area contributed by atoms with Gasteiger partial charge in [-0.2, -0.15) is 0 Å². The predicted octanol–water partition coefficient (Wildman–Crippen LogP) is 2.49. The van der Waals surface area contributed by atoms with Crippen LogP contribution in [0.4, 0.5) is 0 Å². The molecule has 0 fully saturated rings. The first-order valence-electron chi connectivity index (χ1n) is 6.61. The van der Waals surface area contributed by atoms with E-state index in [0.717, 1.165) is 5.56 Å². The van der Waals surface area contributed by atoms with E-state index in [1.165, 1.54) is 0 Å². The van der Waals surface area contributed by atoms with Gasteiger partial charge in [0, 0.05) is 23.0 Å². The van der Waals surface area contributed by atoms with Crippen molar-refractivity contribution in [1.82, 2.24) is 5.32 Å². The molecule has 5 nitrogen and oxygen atoms in total. The summed E-state index contributed by atoms with van der Waals surface area (Å²) in [6.07, 6.45) is 2.15. The number of ether oxygens (including phenoxy) is 1. The average Bonchev–Trinajstić information content (AvgIpc) is 2.44. The van der Waals surface area contributed by atoms with Crippen molar-refractivity contribution in [1.29, 1.82) is 0 Å². The van der Waals surface area contributed by atoms with Crippen LogP contribution in [0, 0.1) is 0 Å². The zero-order valence-corrected chi connectivity index (χ0v) is 12.3. The number of hydrogen-bond acceptors (Lipinski definition) is 3. The Morgan fingerprint density at radius 1 is 1.48 bits per heavy atom. The van der Waals surface area contributed by atoms with Crippen LogP contribution in [0.1, 0.15) is 25.3 Å². The highest BCUT2D eigenvalue weighted by Gasteiger charge is 2.19. The molecule has 1 aromatic carbocycles. The first-order valence-corrected chi connectivity index (χ1v) is 6.99. The third kappa shape index (κ3) is 4.23. The van der Waals surface area contributed by atoms with Gasteiger partial charge < -0.3 is 15.2 Å². The Morgan fingerprint density at radius 2 is 2.24 bits per heavy atom. The molecular formula is C15H16ClNO4. The van der Waals surface area contributed by atoms with E-state index in [9.17, 15) is 9.59 Å². The molecule has 0 aliphatic carbocycles. The summed E-state index contributed by atoms with van der Waals surface area (Å²) >= 11 is 5.92. The van der Waals surface area contributed by atoms with Crippen molar-refractivity contribution in [3.63, 3.8) is 0 Å². The summed E-state index contributed by atoms with van der Waals surface area (Å²) in [5.74, 6) is -0.437. The zero-order chi connectivity index (χ0) is 15.4. The molecule has 0 radical (unpaired) electrons. The average molecular weight is 310 g/mol. The number of rotatable bonds is 5. The van der Waals surface area contributed by atoms with Gasteiger partial charge in [0.1, 0.15) is 12.4 Å². The number of amides is 1. The van der Waals surface area contributed by atoms with Gasteiger partial charge in [-0.15, -0.1) is 0 Å². The molecule has 6 heteroatoms. The van der Waals surface area contributed by atoms with Crippen molar-refractivity contribution in [2.75, 3.05) is 6.61 Å². The van der Waals surface area contributed by atoms with Crippen LogP contribution >= 0.6 is 11.6 Å². The molecule has 1 atom stereocenters. The van der Waals surface area contributed by atoms with Gasteiger partial charge in [-0.1, -0.05) is 11.6 Å². The van der Waals surface area contributed by atoms with E-state index >= 15 is 0 Å². The molecule has 0 spiro atoms. The van der Waals surface area contributed by atoms with Crippen molar-refractivity contribution < 1.29 is 19.4 Å². The Labute approximate surface area is 127 Å². The summed E-state index contributed by atoms with van der Waals surface area (Å²) in [7, 11) is 0. The SMILES string of the molecule is CC(CCC(=O)O)NC(=O)C1=Cc2cc(Cl)ccc2OC1. The number of benzene rings is 1. The van der Waals surface area contributed by atoms with Crippen LogP contribution in [0.15, 0.2) is 23.8 Å². The molecule has 0 saturated heterocycles. The number of fused-ring (bicyclic) bond motifs is 1. The minimum absolute atomic E-state index is 0.0232. The van der Waals surface area contributed by atoms with E-state index in [4.69, 9.17) is 21.4 Å². The molecule has 112 valence electrons. The van der Waals surface area contributed by atoms with Gasteiger partial charge >= 0.3 is 5.97 Å². The van der Waals surface area contributed by atoms with Crippen LogP contribution < -0.4 is 10.1 Å². The van der Waals surface area contributed by atoms with Gasteiger partial charge in [0.25, 0.3) is 5.91 Å². The van der Waals surface area contributed by atoms with Gasteiger partial charge in [0.2, 0.25) is 0 Å². The van der Waals surface area contributed by atoms with Gasteiger partial charge in [-0.05, 0) is 37.6 Å². The predicted molar refractivity (Wildman–Crippen MR) is 79.4 cm³/mol. The quantitative estimate of drug-likeness (QED) is 0.876. The van der Waals surface area contributed by atoms with Crippen molar-refractivity contribution in [2.45, 2.75) is 25.8 Å². The van der Waals surface area contributed by atoms with Crippen LogP contribution in [-0.4, -0.2) is 29.6 Å². The van der Waals surface area contributed by atoms with Gasteiger partial charge in [0.15, 0.2) is 0 Å². The molecule has 0 bridgehead atoms. The smallest absolute Gasteiger partial charge is 0.303 e. The standard InChI is InChI=1S/C15H16ClNO4/c1-9(2-5-14(18)19)17-15(20)11-6-10-7-12(16)3-4-13(10)21-8-11/h3-4,6-7,9H,2,5,8H2,1H3,(H,17,20)(H,18,19). The largest absolute Gasteiger partial charge is 0.488 e. The first-order chi connectivity index (χ1) is 9.95. The first kappa shape index (κ1) is 15.4. The maximum Gasteiger partial charge on any atom is 0.303 e. The minimum Gasteiger partial charge on any atom is -0.488 e. The highest BCUT2D eigenvalue weighted by atomic mass is 35.5. The molecule has 2 N–H and O–H groups in total. The molecule has 1 aliphatic rings. The Kier molecular flexibility index (Phi) is 4.85. The molecule has 21 heavy (non-hydrogen) atoms. The molecule has 2 rings (SSSR count). The van der Waals surface area contributed by atoms with Crippen molar-refractivity contribution in [3.05, 3.63) is 34.4 Å². The molecule has 1 unspecified atom stereocenters. The van der Waals surface area contributed by atoms with E-state index in [-0.39, 0.29) is 25.0 Å². The molecule has 1 aliphatic heterocycles. The molecule has 0 saturated carbocycles. The third-order valence-electron chi connectivity index (χ3n) is 3.15. The molecule has 1 heterocycles. The van der Waals surface area contributed by atoms with E-state index < -0.39 is 5.97 Å². The number of nitrogens with one attached hydrogen (secondary N) is 1. The molecule has 1 amide bonds. The lowest BCUT2D eigenvalue weighted by Gasteiger charge is -2.19. The van der Waals surface area contributed by atoms with E-state index in [0.29, 0.717) is 22.8 Å². The summed E-state index contributed by atoms with van der Waals surface area (Å²) in [5.41, 5.74) is 1.25. The number of halogens is 1. The van der Waals surface area contributed by atoms with Gasteiger partial charge in [-0.3, -0.25) is 9.59 Å². The number of carbonyl (C=O) groups excluding carboxylic acids is 1. The lowest BCUT2D eigenvalue weighted by Crippen LogP contribution is -2.35. The molecular weight excluding hydrogens is 294 g/mol. The Balaban J connectivity index is 2.02. The lowest BCUT2D eigenvalue weighted by molar-refractivity contribution is -0.137. The van der Waals surface area contributed by atoms with E-state index in [1.54, 1.807) is 31.2 Å². The Hall–Kier alpha value is -2.01. The monoisotopic (exact) mass is 309 g/mol. The van der Waals surface area contributed by atoms with Crippen LogP contribution in [0.3, 0.4) is 0 Å². The summed E-state index contributed by atoms with van der Waals surface area (Å²) in [4.78, 5) is 22.6. The highest BCUT2D eigenvalue weighted by Crippen LogP contribution is 2.28. The maximum atomic E-state index is 12.1. The summed E-state index contributed by atoms with van der Waals surface area (Å²) in [5, 5.41) is 12.0. The van der Waals surface area contributed by atoms with Crippen LogP contribution in [0.2, 0.25) is 5.02 Å². The fourth-order valence-electron chi connectivity index (χ4n) is 2.01. The van der Waals surface area contributed by atoms with Crippen LogP contribution in [0.25, 0.3) is 6.08 Å². The lowest BCUT2D eigenvalue weighted by atomic mass is 10.1. The van der Waals surface area contributed by atoms with Crippen molar-refractivity contribution in [3.8, 4) is 5.75 Å². The normalized spacial score (nSPS) is 14.5. The number of aliphatic carboxylic acids is 1. The maximum absolute atomic E-state index is 12.1. The number of carboxylic acid groups (broad SMARTS) is 1. The number of carbonyl (C=O) groups is 2. The Bertz CT molecular complexity index is 597. The van der Waals surface area contributed by atoms with Crippen LogP contribution in [-0.2, 0) is 9.59 Å². The van der Waals surface area contributed by atoms with Crippen LogP contribution in [0.5, 0.6) is 5.75 Å². The second kappa shape index (κ2) is 6.63. The second-order valence-electron chi connectivity index (χ2n) is 4.95. The van der Waals surface area contributed by atoms with E-state index in [2.05, 4.69) is 5.32 Å². The van der Waals surface area contributed by atoms with E-state index in [1.807, 2.05) is 0 Å². The Morgan fingerprint density at radius 3 is 2.95 bits per heavy atom. The minimum atomic E-state index is -0.875. The number of hydrogen-bond donors (Lipinski definition) is 2. The summed E-state index contributed by atoms with van der Waals surface area (Å²) < 4.78 is 5.51. The second-order valence-corrected chi connectivity index (χ2v) is 5.38. The van der Waals surface area contributed by atoms with Gasteiger partial charge in [0.05, 0.1) is 5.57 Å². The zero-order valence-electron chi connectivity index (χ0n) is 11.6. The summed E-state index contributed by atoms with van der Waals surface area (Å²) in [6.45, 7) is 1.96. The third-order valence-corrected chi connectivity index (χ3v) is 3.38. The highest BCUT2D eigenvalue weighted by molar-refractivity contribution is 6.30.